The molecule has 1 aliphatic rings. The SMILES string of the molecule is COc1cccc(/C=C\C(=O)NC(C)c2ccc3c(c2)CCO3)c1. The van der Waals surface area contributed by atoms with Crippen molar-refractivity contribution in [1.82, 2.24) is 5.32 Å². The van der Waals surface area contributed by atoms with E-state index in [1.165, 1.54) is 5.56 Å². The Morgan fingerprint density at radius 1 is 1.29 bits per heavy atom. The van der Waals surface area contributed by atoms with E-state index in [9.17, 15) is 4.79 Å². The van der Waals surface area contributed by atoms with Crippen LogP contribution in [0.2, 0.25) is 0 Å². The number of methoxy groups -OCH3 is 1. The van der Waals surface area contributed by atoms with Crippen LogP contribution in [-0.2, 0) is 11.2 Å². The van der Waals surface area contributed by atoms with Crippen LogP contribution >= 0.6 is 0 Å². The molecule has 4 heteroatoms. The lowest BCUT2D eigenvalue weighted by Gasteiger charge is -2.14. The highest BCUT2D eigenvalue weighted by Gasteiger charge is 2.15. The third kappa shape index (κ3) is 3.77. The molecule has 3 rings (SSSR count). The summed E-state index contributed by atoms with van der Waals surface area (Å²) in [6.07, 6.45) is 4.25. The topological polar surface area (TPSA) is 47.6 Å². The fraction of sp³-hybridized carbons (Fsp3) is 0.250. The lowest BCUT2D eigenvalue weighted by Crippen LogP contribution is -2.24. The maximum Gasteiger partial charge on any atom is 0.244 e. The zero-order valence-corrected chi connectivity index (χ0v) is 13.9. The normalized spacial score (nSPS) is 14.1. The maximum atomic E-state index is 12.1. The van der Waals surface area contributed by atoms with Crippen molar-refractivity contribution in [1.29, 1.82) is 0 Å². The predicted octanol–water partition coefficient (Wildman–Crippen LogP) is 3.52. The standard InChI is InChI=1S/C20H21NO3/c1-14(16-7-8-19-17(13-16)10-11-24-19)21-20(22)9-6-15-4-3-5-18(12-15)23-2/h3-9,12-14H,10-11H2,1-2H3,(H,21,22)/b9-6-. The molecule has 2 aromatic rings. The minimum Gasteiger partial charge on any atom is -0.497 e. The molecule has 2 aromatic carbocycles. The average Bonchev–Trinajstić information content (AvgIpc) is 3.07. The number of ether oxygens (including phenoxy) is 2. The molecular weight excluding hydrogens is 302 g/mol. The summed E-state index contributed by atoms with van der Waals surface area (Å²) in [5.41, 5.74) is 3.22. The quantitative estimate of drug-likeness (QED) is 0.857. The molecule has 1 N–H and O–H groups in total. The van der Waals surface area contributed by atoms with Crippen LogP contribution in [0.15, 0.2) is 48.5 Å². The third-order valence-corrected chi connectivity index (χ3v) is 4.09. The highest BCUT2D eigenvalue weighted by molar-refractivity contribution is 5.92. The van der Waals surface area contributed by atoms with Gasteiger partial charge in [-0.05, 0) is 54.0 Å². The van der Waals surface area contributed by atoms with Crippen LogP contribution in [0.1, 0.15) is 29.7 Å². The molecule has 24 heavy (non-hydrogen) atoms. The lowest BCUT2D eigenvalue weighted by atomic mass is 10.0. The highest BCUT2D eigenvalue weighted by Crippen LogP contribution is 2.28. The molecule has 1 aliphatic heterocycles. The largest absolute Gasteiger partial charge is 0.497 e. The van der Waals surface area contributed by atoms with E-state index < -0.39 is 0 Å². The molecule has 0 fully saturated rings. The summed E-state index contributed by atoms with van der Waals surface area (Å²) in [7, 11) is 1.62. The second-order valence-electron chi connectivity index (χ2n) is 5.81. The fourth-order valence-electron chi connectivity index (χ4n) is 2.74. The first kappa shape index (κ1) is 16.1. The molecule has 0 aromatic heterocycles. The van der Waals surface area contributed by atoms with Crippen LogP contribution < -0.4 is 14.8 Å². The number of hydrogen-bond donors (Lipinski definition) is 1. The van der Waals surface area contributed by atoms with Gasteiger partial charge in [0, 0.05) is 12.5 Å². The van der Waals surface area contributed by atoms with E-state index >= 15 is 0 Å². The van der Waals surface area contributed by atoms with Gasteiger partial charge >= 0.3 is 0 Å². The lowest BCUT2D eigenvalue weighted by molar-refractivity contribution is -0.117. The van der Waals surface area contributed by atoms with E-state index in [2.05, 4.69) is 11.4 Å². The van der Waals surface area contributed by atoms with Gasteiger partial charge in [0.25, 0.3) is 0 Å². The van der Waals surface area contributed by atoms with Crippen LogP contribution in [0.3, 0.4) is 0 Å². The zero-order valence-electron chi connectivity index (χ0n) is 13.9. The second kappa shape index (κ2) is 7.21. The first-order chi connectivity index (χ1) is 11.7. The van der Waals surface area contributed by atoms with Crippen molar-refractivity contribution in [3.63, 3.8) is 0 Å². The van der Waals surface area contributed by atoms with E-state index in [-0.39, 0.29) is 11.9 Å². The highest BCUT2D eigenvalue weighted by atomic mass is 16.5. The Balaban J connectivity index is 1.62. The summed E-state index contributed by atoms with van der Waals surface area (Å²) in [6.45, 7) is 2.72. The van der Waals surface area contributed by atoms with Gasteiger partial charge in [0.2, 0.25) is 5.91 Å². The minimum atomic E-state index is -0.123. The van der Waals surface area contributed by atoms with E-state index in [4.69, 9.17) is 9.47 Å². The average molecular weight is 323 g/mol. The molecular formula is C20H21NO3. The van der Waals surface area contributed by atoms with Gasteiger partial charge in [0.15, 0.2) is 0 Å². The fourth-order valence-corrected chi connectivity index (χ4v) is 2.74. The van der Waals surface area contributed by atoms with Gasteiger partial charge in [-0.1, -0.05) is 18.2 Å². The Labute approximate surface area is 142 Å². The van der Waals surface area contributed by atoms with Crippen molar-refractivity contribution in [2.45, 2.75) is 19.4 Å². The van der Waals surface area contributed by atoms with Gasteiger partial charge in [0.05, 0.1) is 19.8 Å². The van der Waals surface area contributed by atoms with Crippen molar-refractivity contribution >= 4 is 12.0 Å². The van der Waals surface area contributed by atoms with Gasteiger partial charge in [-0.2, -0.15) is 0 Å². The third-order valence-electron chi connectivity index (χ3n) is 4.09. The Kier molecular flexibility index (Phi) is 4.85. The summed E-state index contributed by atoms with van der Waals surface area (Å²) < 4.78 is 10.7. The Bertz CT molecular complexity index is 767. The van der Waals surface area contributed by atoms with Gasteiger partial charge in [-0.3, -0.25) is 4.79 Å². The van der Waals surface area contributed by atoms with Crippen molar-refractivity contribution in [2.24, 2.45) is 0 Å². The molecule has 124 valence electrons. The number of rotatable bonds is 5. The van der Waals surface area contributed by atoms with E-state index in [0.717, 1.165) is 35.7 Å². The minimum absolute atomic E-state index is 0.0571. The molecule has 1 atom stereocenters. The van der Waals surface area contributed by atoms with Crippen LogP contribution in [0, 0.1) is 0 Å². The first-order valence-corrected chi connectivity index (χ1v) is 8.04. The Hall–Kier alpha value is -2.75. The summed E-state index contributed by atoms with van der Waals surface area (Å²) in [5.74, 6) is 1.60. The molecule has 4 nitrogen and oxygen atoms in total. The molecule has 0 saturated heterocycles. The molecule has 0 radical (unpaired) electrons. The van der Waals surface area contributed by atoms with Crippen LogP contribution in [0.25, 0.3) is 6.08 Å². The zero-order chi connectivity index (χ0) is 16.9. The smallest absolute Gasteiger partial charge is 0.244 e. The van der Waals surface area contributed by atoms with Crippen LogP contribution in [0.4, 0.5) is 0 Å². The van der Waals surface area contributed by atoms with Crippen LogP contribution in [-0.4, -0.2) is 19.6 Å². The Morgan fingerprint density at radius 2 is 2.17 bits per heavy atom. The molecule has 0 aliphatic carbocycles. The molecule has 1 amide bonds. The maximum absolute atomic E-state index is 12.1. The van der Waals surface area contributed by atoms with Crippen molar-refractivity contribution in [2.75, 3.05) is 13.7 Å². The molecule has 0 spiro atoms. The van der Waals surface area contributed by atoms with E-state index in [1.54, 1.807) is 19.3 Å². The number of benzene rings is 2. The van der Waals surface area contributed by atoms with Crippen molar-refractivity contribution < 1.29 is 14.3 Å². The number of nitrogens with one attached hydrogen (secondary N) is 1. The first-order valence-electron chi connectivity index (χ1n) is 8.04. The molecule has 0 bridgehead atoms. The number of hydrogen-bond acceptors (Lipinski definition) is 3. The van der Waals surface area contributed by atoms with Gasteiger partial charge in [-0.15, -0.1) is 0 Å². The van der Waals surface area contributed by atoms with Gasteiger partial charge < -0.3 is 14.8 Å². The predicted molar refractivity (Wildman–Crippen MR) is 94.2 cm³/mol. The second-order valence-corrected chi connectivity index (χ2v) is 5.81. The van der Waals surface area contributed by atoms with E-state index in [0.29, 0.717) is 0 Å². The molecule has 1 heterocycles. The number of amides is 1. The summed E-state index contributed by atoms with van der Waals surface area (Å²) in [6, 6.07) is 13.6. The van der Waals surface area contributed by atoms with Crippen molar-refractivity contribution in [3.05, 3.63) is 65.2 Å². The van der Waals surface area contributed by atoms with Crippen molar-refractivity contribution in [3.8, 4) is 11.5 Å². The molecule has 1 unspecified atom stereocenters. The number of fused-ring (bicyclic) bond motifs is 1. The summed E-state index contributed by atoms with van der Waals surface area (Å²) >= 11 is 0. The monoisotopic (exact) mass is 323 g/mol. The van der Waals surface area contributed by atoms with E-state index in [1.807, 2.05) is 43.3 Å². The number of carbonyl (C=O) groups excluding carboxylic acids is 1. The Morgan fingerprint density at radius 3 is 3.00 bits per heavy atom. The summed E-state index contributed by atoms with van der Waals surface area (Å²) in [5, 5.41) is 2.99. The molecule has 0 saturated carbocycles. The number of carbonyl (C=O) groups is 1. The van der Waals surface area contributed by atoms with Gasteiger partial charge in [-0.25, -0.2) is 0 Å². The summed E-state index contributed by atoms with van der Waals surface area (Å²) in [4.78, 5) is 12.1. The van der Waals surface area contributed by atoms with Gasteiger partial charge in [0.1, 0.15) is 11.5 Å². The van der Waals surface area contributed by atoms with Crippen LogP contribution in [0.5, 0.6) is 11.5 Å².